The van der Waals surface area contributed by atoms with Gasteiger partial charge in [-0.3, -0.25) is 4.79 Å². The van der Waals surface area contributed by atoms with Crippen molar-refractivity contribution in [3.8, 4) is 0 Å². The molecule has 1 aliphatic heterocycles. The highest BCUT2D eigenvalue weighted by molar-refractivity contribution is 5.88. The highest BCUT2D eigenvalue weighted by atomic mass is 16.4. The summed E-state index contributed by atoms with van der Waals surface area (Å²) in [6, 6.07) is 7.08. The second kappa shape index (κ2) is 5.73. The maximum atomic E-state index is 11.2. The molecule has 0 aromatic heterocycles. The van der Waals surface area contributed by atoms with Crippen LogP contribution in [-0.2, 0) is 4.79 Å². The van der Waals surface area contributed by atoms with Gasteiger partial charge in [0, 0.05) is 31.7 Å². The Balaban J connectivity index is 1.88. The van der Waals surface area contributed by atoms with Gasteiger partial charge in [0.15, 0.2) is 0 Å². The van der Waals surface area contributed by atoms with Crippen LogP contribution < -0.4 is 5.32 Å². The van der Waals surface area contributed by atoms with E-state index in [4.69, 9.17) is 5.11 Å². The van der Waals surface area contributed by atoms with Crippen molar-refractivity contribution in [1.82, 2.24) is 4.90 Å². The summed E-state index contributed by atoms with van der Waals surface area (Å²) in [6.07, 6.45) is 1.83. The number of piperidine rings is 1. The molecular formula is C14H18N2O3. The van der Waals surface area contributed by atoms with Crippen LogP contribution >= 0.6 is 0 Å². The SMILES string of the molecule is CC(=O)N1CCC(Nc2ccc(C(=O)O)cc2)CC1. The number of carbonyl (C=O) groups is 2. The van der Waals surface area contributed by atoms with Gasteiger partial charge >= 0.3 is 5.97 Å². The lowest BCUT2D eigenvalue weighted by molar-refractivity contribution is -0.129. The molecule has 1 heterocycles. The molecule has 1 aliphatic rings. The number of nitrogens with one attached hydrogen (secondary N) is 1. The summed E-state index contributed by atoms with van der Waals surface area (Å²) in [7, 11) is 0. The van der Waals surface area contributed by atoms with E-state index in [2.05, 4.69) is 5.32 Å². The van der Waals surface area contributed by atoms with Gasteiger partial charge in [0.2, 0.25) is 5.91 Å². The van der Waals surface area contributed by atoms with Crippen LogP contribution in [0.25, 0.3) is 0 Å². The Kier molecular flexibility index (Phi) is 4.04. The number of aromatic carboxylic acids is 1. The molecule has 0 unspecified atom stereocenters. The summed E-state index contributed by atoms with van der Waals surface area (Å²) >= 11 is 0. The van der Waals surface area contributed by atoms with Crippen molar-refractivity contribution in [2.24, 2.45) is 0 Å². The molecule has 1 fully saturated rings. The number of nitrogens with zero attached hydrogens (tertiary/aromatic N) is 1. The van der Waals surface area contributed by atoms with E-state index in [1.807, 2.05) is 4.90 Å². The van der Waals surface area contributed by atoms with Crippen LogP contribution in [0.4, 0.5) is 5.69 Å². The average molecular weight is 262 g/mol. The minimum atomic E-state index is -0.915. The fourth-order valence-corrected chi connectivity index (χ4v) is 2.28. The van der Waals surface area contributed by atoms with Crippen LogP contribution in [0.1, 0.15) is 30.1 Å². The van der Waals surface area contributed by atoms with Crippen molar-refractivity contribution in [2.75, 3.05) is 18.4 Å². The van der Waals surface area contributed by atoms with Crippen molar-refractivity contribution < 1.29 is 14.7 Å². The summed E-state index contributed by atoms with van der Waals surface area (Å²) in [5.74, 6) is -0.787. The summed E-state index contributed by atoms with van der Waals surface area (Å²) in [4.78, 5) is 23.8. The number of amides is 1. The minimum Gasteiger partial charge on any atom is -0.478 e. The number of benzene rings is 1. The van der Waals surface area contributed by atoms with E-state index >= 15 is 0 Å². The molecule has 1 amide bonds. The highest BCUT2D eigenvalue weighted by Crippen LogP contribution is 2.17. The fourth-order valence-electron chi connectivity index (χ4n) is 2.28. The van der Waals surface area contributed by atoms with Gasteiger partial charge in [-0.2, -0.15) is 0 Å². The normalized spacial score (nSPS) is 16.2. The number of anilines is 1. The summed E-state index contributed by atoms with van der Waals surface area (Å²) in [6.45, 7) is 3.15. The predicted octanol–water partition coefficient (Wildman–Crippen LogP) is 1.81. The van der Waals surface area contributed by atoms with E-state index in [1.54, 1.807) is 31.2 Å². The Morgan fingerprint density at radius 1 is 1.21 bits per heavy atom. The van der Waals surface area contributed by atoms with E-state index in [9.17, 15) is 9.59 Å². The molecule has 1 aromatic rings. The lowest BCUT2D eigenvalue weighted by Gasteiger charge is -2.32. The molecule has 2 N–H and O–H groups in total. The smallest absolute Gasteiger partial charge is 0.335 e. The van der Waals surface area contributed by atoms with Crippen molar-refractivity contribution >= 4 is 17.6 Å². The summed E-state index contributed by atoms with van der Waals surface area (Å²) in [5.41, 5.74) is 1.21. The topological polar surface area (TPSA) is 69.6 Å². The molecule has 0 aliphatic carbocycles. The van der Waals surface area contributed by atoms with Crippen LogP contribution in [0.5, 0.6) is 0 Å². The van der Waals surface area contributed by atoms with Gasteiger partial charge in [0.05, 0.1) is 5.56 Å². The maximum absolute atomic E-state index is 11.2. The van der Waals surface area contributed by atoms with Gasteiger partial charge in [0.25, 0.3) is 0 Å². The third-order valence-electron chi connectivity index (χ3n) is 3.44. The van der Waals surface area contributed by atoms with Crippen LogP contribution in [0.3, 0.4) is 0 Å². The van der Waals surface area contributed by atoms with Crippen molar-refractivity contribution in [2.45, 2.75) is 25.8 Å². The molecule has 5 heteroatoms. The second-order valence-corrected chi connectivity index (χ2v) is 4.81. The van der Waals surface area contributed by atoms with E-state index in [-0.39, 0.29) is 11.5 Å². The number of carbonyl (C=O) groups excluding carboxylic acids is 1. The second-order valence-electron chi connectivity index (χ2n) is 4.81. The molecule has 0 saturated carbocycles. The first-order chi connectivity index (χ1) is 9.06. The molecule has 0 radical (unpaired) electrons. The minimum absolute atomic E-state index is 0.129. The Labute approximate surface area is 112 Å². The van der Waals surface area contributed by atoms with Crippen LogP contribution in [0.15, 0.2) is 24.3 Å². The van der Waals surface area contributed by atoms with Crippen molar-refractivity contribution in [1.29, 1.82) is 0 Å². The van der Waals surface area contributed by atoms with Crippen LogP contribution in [0.2, 0.25) is 0 Å². The van der Waals surface area contributed by atoms with E-state index in [0.29, 0.717) is 6.04 Å². The zero-order valence-electron chi connectivity index (χ0n) is 10.9. The number of carboxylic acids is 1. The van der Waals surface area contributed by atoms with Gasteiger partial charge in [0.1, 0.15) is 0 Å². The van der Waals surface area contributed by atoms with Crippen molar-refractivity contribution in [3.63, 3.8) is 0 Å². The predicted molar refractivity (Wildman–Crippen MR) is 72.3 cm³/mol. The highest BCUT2D eigenvalue weighted by Gasteiger charge is 2.20. The summed E-state index contributed by atoms with van der Waals surface area (Å²) in [5, 5.41) is 12.2. The maximum Gasteiger partial charge on any atom is 0.335 e. The molecule has 0 bridgehead atoms. The van der Waals surface area contributed by atoms with Gasteiger partial charge in [-0.05, 0) is 37.1 Å². The Morgan fingerprint density at radius 2 is 1.79 bits per heavy atom. The van der Waals surface area contributed by atoms with Gasteiger partial charge in [-0.15, -0.1) is 0 Å². The molecule has 1 aromatic carbocycles. The largest absolute Gasteiger partial charge is 0.478 e. The molecule has 5 nitrogen and oxygen atoms in total. The lowest BCUT2D eigenvalue weighted by atomic mass is 10.0. The molecule has 1 saturated heterocycles. The monoisotopic (exact) mass is 262 g/mol. The van der Waals surface area contributed by atoms with E-state index < -0.39 is 5.97 Å². The van der Waals surface area contributed by atoms with Gasteiger partial charge < -0.3 is 15.3 Å². The first kappa shape index (κ1) is 13.4. The number of carboxylic acid groups (broad SMARTS) is 1. The zero-order chi connectivity index (χ0) is 13.8. The van der Waals surface area contributed by atoms with E-state index in [0.717, 1.165) is 31.6 Å². The van der Waals surface area contributed by atoms with Crippen molar-refractivity contribution in [3.05, 3.63) is 29.8 Å². The Hall–Kier alpha value is -2.04. The van der Waals surface area contributed by atoms with Gasteiger partial charge in [-0.1, -0.05) is 0 Å². The fraction of sp³-hybridized carbons (Fsp3) is 0.429. The number of hydrogen-bond acceptors (Lipinski definition) is 3. The standard InChI is InChI=1S/C14H18N2O3/c1-10(17)16-8-6-13(7-9-16)15-12-4-2-11(3-5-12)14(18)19/h2-5,13,15H,6-9H2,1H3,(H,18,19). The van der Waals surface area contributed by atoms with Crippen LogP contribution in [0, 0.1) is 0 Å². The third kappa shape index (κ3) is 3.47. The molecular weight excluding hydrogens is 244 g/mol. The quantitative estimate of drug-likeness (QED) is 0.871. The number of likely N-dealkylation sites (tertiary alicyclic amines) is 1. The molecule has 19 heavy (non-hydrogen) atoms. The zero-order valence-corrected chi connectivity index (χ0v) is 10.9. The average Bonchev–Trinajstić information content (AvgIpc) is 2.40. The first-order valence-electron chi connectivity index (χ1n) is 6.41. The Morgan fingerprint density at radius 3 is 2.26 bits per heavy atom. The third-order valence-corrected chi connectivity index (χ3v) is 3.44. The van der Waals surface area contributed by atoms with E-state index in [1.165, 1.54) is 0 Å². The first-order valence-corrected chi connectivity index (χ1v) is 6.41. The number of hydrogen-bond donors (Lipinski definition) is 2. The molecule has 0 atom stereocenters. The Bertz CT molecular complexity index is 462. The molecule has 2 rings (SSSR count). The molecule has 102 valence electrons. The van der Waals surface area contributed by atoms with Crippen LogP contribution in [-0.4, -0.2) is 41.0 Å². The molecule has 0 spiro atoms. The van der Waals surface area contributed by atoms with Gasteiger partial charge in [-0.25, -0.2) is 4.79 Å². The summed E-state index contributed by atoms with van der Waals surface area (Å²) < 4.78 is 0. The lowest BCUT2D eigenvalue weighted by Crippen LogP contribution is -2.41. The number of rotatable bonds is 3.